The highest BCUT2D eigenvalue weighted by molar-refractivity contribution is 5.28. The molecule has 0 bridgehead atoms. The van der Waals surface area contributed by atoms with Gasteiger partial charge in [0, 0.05) is 11.8 Å². The topological polar surface area (TPSA) is 33.1 Å². The van der Waals surface area contributed by atoms with Crippen molar-refractivity contribution in [1.29, 1.82) is 0 Å². The lowest BCUT2D eigenvalue weighted by atomic mass is 10.0. The number of hydrogen-bond acceptors (Lipinski definition) is 2. The third-order valence-electron chi connectivity index (χ3n) is 2.32. The van der Waals surface area contributed by atoms with Crippen molar-refractivity contribution in [2.24, 2.45) is 0 Å². The fourth-order valence-corrected chi connectivity index (χ4v) is 1.48. The SMILES string of the molecule is OC(c1cccc(F)c1F)c1ncccc1F. The molecule has 1 atom stereocenters. The molecule has 0 saturated carbocycles. The Bertz CT molecular complexity index is 545. The van der Waals surface area contributed by atoms with Gasteiger partial charge in [-0.15, -0.1) is 0 Å². The van der Waals surface area contributed by atoms with E-state index in [1.54, 1.807) is 0 Å². The van der Waals surface area contributed by atoms with E-state index in [1.165, 1.54) is 24.4 Å². The molecular weight excluding hydrogens is 231 g/mol. The molecule has 17 heavy (non-hydrogen) atoms. The summed E-state index contributed by atoms with van der Waals surface area (Å²) >= 11 is 0. The lowest BCUT2D eigenvalue weighted by Gasteiger charge is -2.12. The summed E-state index contributed by atoms with van der Waals surface area (Å²) in [6.07, 6.45) is -0.370. The van der Waals surface area contributed by atoms with Crippen molar-refractivity contribution in [3.05, 3.63) is 65.2 Å². The van der Waals surface area contributed by atoms with Crippen molar-refractivity contribution in [2.45, 2.75) is 6.10 Å². The minimum absolute atomic E-state index is 0.336. The van der Waals surface area contributed by atoms with Crippen LogP contribution in [0.2, 0.25) is 0 Å². The Kier molecular flexibility index (Phi) is 3.10. The summed E-state index contributed by atoms with van der Waals surface area (Å²) < 4.78 is 39.7. The van der Waals surface area contributed by atoms with E-state index in [-0.39, 0.29) is 11.3 Å². The second kappa shape index (κ2) is 4.55. The van der Waals surface area contributed by atoms with Gasteiger partial charge in [-0.05, 0) is 18.2 Å². The minimum atomic E-state index is -1.63. The molecule has 0 fully saturated rings. The molecule has 5 heteroatoms. The van der Waals surface area contributed by atoms with Gasteiger partial charge in [-0.1, -0.05) is 12.1 Å². The van der Waals surface area contributed by atoms with Crippen LogP contribution in [0.4, 0.5) is 13.2 Å². The number of aliphatic hydroxyl groups is 1. The average molecular weight is 239 g/mol. The van der Waals surface area contributed by atoms with Crippen LogP contribution in [0.15, 0.2) is 36.5 Å². The Hall–Kier alpha value is -1.88. The molecule has 0 aliphatic rings. The third-order valence-corrected chi connectivity index (χ3v) is 2.32. The molecule has 2 aromatic rings. The molecule has 1 aromatic carbocycles. The van der Waals surface area contributed by atoms with Crippen molar-refractivity contribution in [1.82, 2.24) is 4.98 Å². The van der Waals surface area contributed by atoms with E-state index in [0.717, 1.165) is 12.1 Å². The summed E-state index contributed by atoms with van der Waals surface area (Å²) in [4.78, 5) is 3.61. The van der Waals surface area contributed by atoms with E-state index in [1.807, 2.05) is 0 Å². The molecule has 1 unspecified atom stereocenters. The second-order valence-electron chi connectivity index (χ2n) is 3.42. The van der Waals surface area contributed by atoms with Crippen LogP contribution in [0.5, 0.6) is 0 Å². The standard InChI is InChI=1S/C12H8F3NO/c13-8-4-1-3-7(10(8)15)12(17)11-9(14)5-2-6-16-11/h1-6,12,17H. The van der Waals surface area contributed by atoms with Gasteiger partial charge in [0.1, 0.15) is 17.6 Å². The maximum absolute atomic E-state index is 13.4. The molecule has 1 aromatic heterocycles. The van der Waals surface area contributed by atoms with Crippen LogP contribution in [0.25, 0.3) is 0 Å². The molecule has 1 N–H and O–H groups in total. The average Bonchev–Trinajstić information content (AvgIpc) is 2.32. The molecule has 0 amide bonds. The van der Waals surface area contributed by atoms with E-state index in [4.69, 9.17) is 0 Å². The minimum Gasteiger partial charge on any atom is -0.382 e. The van der Waals surface area contributed by atoms with Crippen LogP contribution < -0.4 is 0 Å². The molecule has 1 heterocycles. The molecule has 88 valence electrons. The number of aromatic nitrogens is 1. The summed E-state index contributed by atoms with van der Waals surface area (Å²) in [7, 11) is 0. The smallest absolute Gasteiger partial charge is 0.165 e. The number of rotatable bonds is 2. The lowest BCUT2D eigenvalue weighted by Crippen LogP contribution is -2.08. The molecule has 0 spiro atoms. The second-order valence-corrected chi connectivity index (χ2v) is 3.42. The normalized spacial score (nSPS) is 12.5. The zero-order valence-electron chi connectivity index (χ0n) is 8.57. The van der Waals surface area contributed by atoms with Gasteiger partial charge in [0.05, 0.1) is 0 Å². The summed E-state index contributed by atoms with van der Waals surface area (Å²) in [5.74, 6) is -3.08. The van der Waals surface area contributed by atoms with Crippen LogP contribution in [-0.2, 0) is 0 Å². The molecule has 0 saturated heterocycles. The van der Waals surface area contributed by atoms with Gasteiger partial charge in [-0.2, -0.15) is 0 Å². The van der Waals surface area contributed by atoms with Crippen molar-refractivity contribution in [3.63, 3.8) is 0 Å². The van der Waals surface area contributed by atoms with Crippen molar-refractivity contribution in [2.75, 3.05) is 0 Å². The number of pyridine rings is 1. The lowest BCUT2D eigenvalue weighted by molar-refractivity contribution is 0.203. The first-order valence-electron chi connectivity index (χ1n) is 4.83. The van der Waals surface area contributed by atoms with Crippen LogP contribution in [0, 0.1) is 17.5 Å². The van der Waals surface area contributed by atoms with E-state index in [0.29, 0.717) is 0 Å². The Morgan fingerprint density at radius 3 is 2.41 bits per heavy atom. The Morgan fingerprint density at radius 1 is 1.00 bits per heavy atom. The fourth-order valence-electron chi connectivity index (χ4n) is 1.48. The first-order valence-corrected chi connectivity index (χ1v) is 4.83. The van der Waals surface area contributed by atoms with Gasteiger partial charge in [0.2, 0.25) is 0 Å². The van der Waals surface area contributed by atoms with E-state index < -0.39 is 23.6 Å². The fraction of sp³-hybridized carbons (Fsp3) is 0.0833. The molecule has 0 aliphatic heterocycles. The highest BCUT2D eigenvalue weighted by Crippen LogP contribution is 2.25. The van der Waals surface area contributed by atoms with Crippen LogP contribution in [0.1, 0.15) is 17.4 Å². The summed E-state index contributed by atoms with van der Waals surface area (Å²) in [5.41, 5.74) is -0.681. The maximum Gasteiger partial charge on any atom is 0.165 e. The van der Waals surface area contributed by atoms with Crippen molar-refractivity contribution >= 4 is 0 Å². The highest BCUT2D eigenvalue weighted by atomic mass is 19.2. The Balaban J connectivity index is 2.48. The highest BCUT2D eigenvalue weighted by Gasteiger charge is 2.21. The predicted octanol–water partition coefficient (Wildman–Crippen LogP) is 2.58. The maximum atomic E-state index is 13.4. The van der Waals surface area contributed by atoms with Gasteiger partial charge in [-0.25, -0.2) is 13.2 Å². The monoisotopic (exact) mass is 239 g/mol. The van der Waals surface area contributed by atoms with Crippen LogP contribution in [0.3, 0.4) is 0 Å². The van der Waals surface area contributed by atoms with Crippen molar-refractivity contribution < 1.29 is 18.3 Å². The van der Waals surface area contributed by atoms with E-state index >= 15 is 0 Å². The quantitative estimate of drug-likeness (QED) is 0.873. The summed E-state index contributed by atoms with van der Waals surface area (Å²) in [5, 5.41) is 9.77. The van der Waals surface area contributed by atoms with Gasteiger partial charge in [-0.3, -0.25) is 4.98 Å². The zero-order valence-corrected chi connectivity index (χ0v) is 8.57. The van der Waals surface area contributed by atoms with E-state index in [9.17, 15) is 18.3 Å². The molecular formula is C12H8F3NO. The van der Waals surface area contributed by atoms with Gasteiger partial charge in [0.25, 0.3) is 0 Å². The predicted molar refractivity (Wildman–Crippen MR) is 54.6 cm³/mol. The van der Waals surface area contributed by atoms with Gasteiger partial charge in [0.15, 0.2) is 11.6 Å². The zero-order chi connectivity index (χ0) is 12.4. The number of benzene rings is 1. The van der Waals surface area contributed by atoms with Gasteiger partial charge < -0.3 is 5.11 Å². The Labute approximate surface area is 95.4 Å². The number of halogens is 3. The largest absolute Gasteiger partial charge is 0.382 e. The van der Waals surface area contributed by atoms with E-state index in [2.05, 4.69) is 4.98 Å². The molecule has 2 rings (SSSR count). The van der Waals surface area contributed by atoms with Crippen molar-refractivity contribution in [3.8, 4) is 0 Å². The number of hydrogen-bond donors (Lipinski definition) is 1. The third kappa shape index (κ3) is 2.14. The Morgan fingerprint density at radius 2 is 1.71 bits per heavy atom. The molecule has 0 radical (unpaired) electrons. The first kappa shape index (κ1) is 11.6. The number of nitrogens with zero attached hydrogens (tertiary/aromatic N) is 1. The van der Waals surface area contributed by atoms with Gasteiger partial charge >= 0.3 is 0 Å². The molecule has 2 nitrogen and oxygen atoms in total. The molecule has 0 aliphatic carbocycles. The first-order chi connectivity index (χ1) is 8.11. The number of aliphatic hydroxyl groups excluding tert-OH is 1. The van der Waals surface area contributed by atoms with Crippen LogP contribution in [-0.4, -0.2) is 10.1 Å². The summed E-state index contributed by atoms with van der Waals surface area (Å²) in [6, 6.07) is 5.76. The van der Waals surface area contributed by atoms with Crippen LogP contribution >= 0.6 is 0 Å². The summed E-state index contributed by atoms with van der Waals surface area (Å²) in [6.45, 7) is 0.